The van der Waals surface area contributed by atoms with Gasteiger partial charge in [0.05, 0.1) is 11.4 Å². The van der Waals surface area contributed by atoms with Crippen molar-refractivity contribution in [2.24, 2.45) is 0 Å². The molecule has 7 nitrogen and oxygen atoms in total. The molecule has 2 heterocycles. The molecule has 1 saturated heterocycles. The smallest absolute Gasteiger partial charge is 0.314 e. The van der Waals surface area contributed by atoms with Crippen LogP contribution in [0.1, 0.15) is 11.4 Å². The van der Waals surface area contributed by atoms with Gasteiger partial charge in [-0.1, -0.05) is 0 Å². The van der Waals surface area contributed by atoms with Crippen LogP contribution in [-0.4, -0.2) is 68.5 Å². The predicted molar refractivity (Wildman–Crippen MR) is 77.5 cm³/mol. The first-order valence-corrected chi connectivity index (χ1v) is 8.64. The van der Waals surface area contributed by atoms with Gasteiger partial charge in [-0.2, -0.15) is 18.3 Å². The van der Waals surface area contributed by atoms with Crippen LogP contribution in [-0.2, 0) is 10.0 Å². The summed E-state index contributed by atoms with van der Waals surface area (Å²) in [6.45, 7) is 3.58. The summed E-state index contributed by atoms with van der Waals surface area (Å²) >= 11 is 0. The molecule has 11 heteroatoms. The second-order valence-corrected chi connectivity index (χ2v) is 7.16. The van der Waals surface area contributed by atoms with Gasteiger partial charge in [-0.05, 0) is 13.8 Å². The Bertz CT molecular complexity index is 618. The van der Waals surface area contributed by atoms with Gasteiger partial charge < -0.3 is 5.32 Å². The fourth-order valence-electron chi connectivity index (χ4n) is 2.64. The zero-order chi connectivity index (χ0) is 17.3. The largest absolute Gasteiger partial charge is 0.405 e. The molecule has 1 aliphatic rings. The lowest BCUT2D eigenvalue weighted by molar-refractivity contribution is -0.182. The number of nitrogens with one attached hydrogen (secondary N) is 3. The van der Waals surface area contributed by atoms with Crippen molar-refractivity contribution in [1.82, 2.24) is 25.1 Å². The van der Waals surface area contributed by atoms with Crippen LogP contribution < -0.4 is 10.0 Å². The number of nitrogens with zero attached hydrogens (tertiary/aromatic N) is 2. The van der Waals surface area contributed by atoms with Crippen LogP contribution in [0.2, 0.25) is 0 Å². The van der Waals surface area contributed by atoms with E-state index in [1.165, 1.54) is 18.7 Å². The standard InChI is InChI=1S/C12H20F3N5O2S/c1-8-11(9(2)19-18-8)23(21,22)17-7-10(12(13,14)15)20-5-3-16-4-6-20/h10,16-17H,3-7H2,1-2H3,(H,18,19). The first-order valence-electron chi connectivity index (χ1n) is 7.15. The molecule has 1 unspecified atom stereocenters. The Morgan fingerprint density at radius 2 is 1.91 bits per heavy atom. The maximum Gasteiger partial charge on any atom is 0.405 e. The summed E-state index contributed by atoms with van der Waals surface area (Å²) in [6, 6.07) is -1.85. The van der Waals surface area contributed by atoms with Crippen LogP contribution in [0.15, 0.2) is 4.90 Å². The molecule has 0 saturated carbocycles. The highest BCUT2D eigenvalue weighted by Crippen LogP contribution is 2.25. The second-order valence-electron chi connectivity index (χ2n) is 5.46. The maximum atomic E-state index is 13.3. The second kappa shape index (κ2) is 6.75. The van der Waals surface area contributed by atoms with E-state index in [0.29, 0.717) is 18.8 Å². The van der Waals surface area contributed by atoms with Gasteiger partial charge >= 0.3 is 6.18 Å². The Kier molecular flexibility index (Phi) is 5.33. The lowest BCUT2D eigenvalue weighted by Crippen LogP contribution is -2.57. The number of hydrogen-bond donors (Lipinski definition) is 3. The van der Waals surface area contributed by atoms with Crippen molar-refractivity contribution in [1.29, 1.82) is 0 Å². The van der Waals surface area contributed by atoms with E-state index in [1.807, 2.05) is 0 Å². The summed E-state index contributed by atoms with van der Waals surface area (Å²) in [7, 11) is -4.06. The lowest BCUT2D eigenvalue weighted by Gasteiger charge is -2.35. The van der Waals surface area contributed by atoms with Crippen molar-refractivity contribution in [3.05, 3.63) is 11.4 Å². The molecule has 0 spiro atoms. The van der Waals surface area contributed by atoms with E-state index >= 15 is 0 Å². The van der Waals surface area contributed by atoms with Crippen LogP contribution >= 0.6 is 0 Å². The minimum absolute atomic E-state index is 0.0984. The third kappa shape index (κ3) is 4.22. The number of H-pyrrole nitrogens is 1. The van der Waals surface area contributed by atoms with Crippen molar-refractivity contribution in [2.75, 3.05) is 32.7 Å². The summed E-state index contributed by atoms with van der Waals surface area (Å²) in [5.41, 5.74) is 0.515. The van der Waals surface area contributed by atoms with E-state index < -0.39 is 28.8 Å². The summed E-state index contributed by atoms with van der Waals surface area (Å²) in [6.07, 6.45) is -4.51. The minimum Gasteiger partial charge on any atom is -0.314 e. The molecular formula is C12H20F3N5O2S. The van der Waals surface area contributed by atoms with Gasteiger partial charge in [-0.3, -0.25) is 10.00 Å². The molecule has 1 aromatic heterocycles. The van der Waals surface area contributed by atoms with Gasteiger partial charge in [0, 0.05) is 32.7 Å². The number of alkyl halides is 3. The lowest BCUT2D eigenvalue weighted by atomic mass is 10.2. The Labute approximate surface area is 132 Å². The number of aromatic nitrogens is 2. The van der Waals surface area contributed by atoms with Gasteiger partial charge in [0.2, 0.25) is 10.0 Å². The number of aryl methyl sites for hydroxylation is 2. The van der Waals surface area contributed by atoms with Crippen molar-refractivity contribution in [3.8, 4) is 0 Å². The zero-order valence-electron chi connectivity index (χ0n) is 12.9. The Morgan fingerprint density at radius 3 is 2.39 bits per heavy atom. The van der Waals surface area contributed by atoms with E-state index in [1.54, 1.807) is 0 Å². The van der Waals surface area contributed by atoms with E-state index in [9.17, 15) is 21.6 Å². The van der Waals surface area contributed by atoms with Crippen LogP contribution in [0.5, 0.6) is 0 Å². The molecule has 1 atom stereocenters. The molecule has 1 aromatic rings. The average molecular weight is 355 g/mol. The molecule has 0 bridgehead atoms. The Hall–Kier alpha value is -1.17. The number of rotatable bonds is 5. The molecule has 0 aromatic carbocycles. The molecule has 1 aliphatic heterocycles. The van der Waals surface area contributed by atoms with Crippen LogP contribution in [0, 0.1) is 13.8 Å². The number of sulfonamides is 1. The first-order chi connectivity index (χ1) is 10.6. The summed E-state index contributed by atoms with van der Waals surface area (Å²) in [5, 5.41) is 9.25. The number of halogens is 3. The summed E-state index contributed by atoms with van der Waals surface area (Å²) < 4.78 is 66.4. The molecule has 2 rings (SSSR count). The molecule has 0 radical (unpaired) electrons. The maximum absolute atomic E-state index is 13.3. The Balaban J connectivity index is 2.14. The third-order valence-corrected chi connectivity index (χ3v) is 5.45. The topological polar surface area (TPSA) is 90.1 Å². The zero-order valence-corrected chi connectivity index (χ0v) is 13.7. The van der Waals surface area contributed by atoms with Crippen molar-refractivity contribution in [2.45, 2.75) is 31.0 Å². The predicted octanol–water partition coefficient (Wildman–Crippen LogP) is 0.141. The number of hydrogen-bond acceptors (Lipinski definition) is 5. The molecule has 3 N–H and O–H groups in total. The van der Waals surface area contributed by atoms with E-state index in [-0.39, 0.29) is 23.7 Å². The highest BCUT2D eigenvalue weighted by molar-refractivity contribution is 7.89. The van der Waals surface area contributed by atoms with Gasteiger partial charge in [0.15, 0.2) is 0 Å². The van der Waals surface area contributed by atoms with E-state index in [0.717, 1.165) is 0 Å². The highest BCUT2D eigenvalue weighted by atomic mass is 32.2. The first kappa shape index (κ1) is 18.2. The van der Waals surface area contributed by atoms with Crippen molar-refractivity contribution >= 4 is 10.0 Å². The summed E-state index contributed by atoms with van der Waals surface area (Å²) in [4.78, 5) is 1.15. The van der Waals surface area contributed by atoms with E-state index in [2.05, 4.69) is 20.2 Å². The average Bonchev–Trinajstić information content (AvgIpc) is 2.78. The van der Waals surface area contributed by atoms with Crippen LogP contribution in [0.25, 0.3) is 0 Å². The third-order valence-electron chi connectivity index (χ3n) is 3.77. The summed E-state index contributed by atoms with van der Waals surface area (Å²) in [5.74, 6) is 0. The van der Waals surface area contributed by atoms with Crippen molar-refractivity contribution < 1.29 is 21.6 Å². The molecule has 23 heavy (non-hydrogen) atoms. The fraction of sp³-hybridized carbons (Fsp3) is 0.750. The number of piperazine rings is 1. The normalized spacial score (nSPS) is 19.0. The quantitative estimate of drug-likeness (QED) is 0.699. The van der Waals surface area contributed by atoms with Crippen molar-refractivity contribution in [3.63, 3.8) is 0 Å². The molecule has 0 amide bonds. The molecule has 0 aliphatic carbocycles. The SMILES string of the molecule is Cc1n[nH]c(C)c1S(=O)(=O)NCC(N1CCNCC1)C(F)(F)F. The van der Waals surface area contributed by atoms with Gasteiger partial charge in [0.25, 0.3) is 0 Å². The van der Waals surface area contributed by atoms with Crippen LogP contribution in [0.3, 0.4) is 0 Å². The highest BCUT2D eigenvalue weighted by Gasteiger charge is 2.44. The monoisotopic (exact) mass is 355 g/mol. The van der Waals surface area contributed by atoms with Gasteiger partial charge in [0.1, 0.15) is 10.9 Å². The fourth-order valence-corrected chi connectivity index (χ4v) is 4.05. The van der Waals surface area contributed by atoms with Gasteiger partial charge in [-0.25, -0.2) is 13.1 Å². The molecule has 1 fully saturated rings. The van der Waals surface area contributed by atoms with Gasteiger partial charge in [-0.15, -0.1) is 0 Å². The van der Waals surface area contributed by atoms with E-state index in [4.69, 9.17) is 0 Å². The molecular weight excluding hydrogens is 335 g/mol. The van der Waals surface area contributed by atoms with Crippen LogP contribution in [0.4, 0.5) is 13.2 Å². The Morgan fingerprint density at radius 1 is 1.30 bits per heavy atom. The number of aromatic amines is 1. The molecule has 132 valence electrons. The minimum atomic E-state index is -4.51.